The predicted molar refractivity (Wildman–Crippen MR) is 115 cm³/mol. The fourth-order valence-electron chi connectivity index (χ4n) is 3.82. The lowest BCUT2D eigenvalue weighted by Crippen LogP contribution is -2.35. The summed E-state index contributed by atoms with van der Waals surface area (Å²) in [5.41, 5.74) is 2.28. The van der Waals surface area contributed by atoms with Crippen LogP contribution in [-0.2, 0) is 0 Å². The molecule has 1 saturated heterocycles. The molecule has 156 valence electrons. The molecule has 0 spiro atoms. The average molecular weight is 407 g/mol. The summed E-state index contributed by atoms with van der Waals surface area (Å²) in [6, 6.07) is 12.6. The van der Waals surface area contributed by atoms with Gasteiger partial charge in [0.05, 0.1) is 17.9 Å². The fourth-order valence-corrected chi connectivity index (χ4v) is 3.82. The van der Waals surface area contributed by atoms with Crippen LogP contribution in [0.5, 0.6) is 5.75 Å². The largest absolute Gasteiger partial charge is 0.494 e. The van der Waals surface area contributed by atoms with Gasteiger partial charge in [0, 0.05) is 25.4 Å². The molecule has 4 rings (SSSR count). The minimum atomic E-state index is -0.361. The highest BCUT2D eigenvalue weighted by molar-refractivity contribution is 5.93. The number of rotatable bonds is 5. The normalized spacial score (nSPS) is 14.0. The Bertz CT molecular complexity index is 1050. The van der Waals surface area contributed by atoms with Gasteiger partial charge in [-0.1, -0.05) is 12.1 Å². The maximum Gasteiger partial charge on any atom is 0.274 e. The second kappa shape index (κ2) is 8.69. The molecule has 1 aromatic heterocycles. The Labute approximate surface area is 176 Å². The number of likely N-dealkylation sites (tertiary alicyclic amines) is 1. The number of amides is 1. The molecule has 2 aromatic carbocycles. The molecule has 1 aliphatic heterocycles. The molecule has 0 saturated carbocycles. The van der Waals surface area contributed by atoms with E-state index in [1.54, 1.807) is 16.8 Å². The van der Waals surface area contributed by atoms with E-state index in [4.69, 9.17) is 4.74 Å². The zero-order chi connectivity index (χ0) is 21.1. The zero-order valence-corrected chi connectivity index (χ0v) is 17.4. The van der Waals surface area contributed by atoms with Gasteiger partial charge in [-0.3, -0.25) is 9.36 Å². The van der Waals surface area contributed by atoms with Crippen molar-refractivity contribution < 1.29 is 13.9 Å². The lowest BCUT2D eigenvalue weighted by Gasteiger charge is -2.25. The number of hydrogen-bond donors (Lipinski definition) is 0. The lowest BCUT2D eigenvalue weighted by molar-refractivity contribution is 0.0719. The van der Waals surface area contributed by atoms with E-state index in [9.17, 15) is 9.18 Å². The van der Waals surface area contributed by atoms with E-state index >= 15 is 0 Å². The van der Waals surface area contributed by atoms with E-state index in [0.717, 1.165) is 43.6 Å². The summed E-state index contributed by atoms with van der Waals surface area (Å²) >= 11 is 0. The second-order valence-electron chi connectivity index (χ2n) is 7.59. The highest BCUT2D eigenvalue weighted by Crippen LogP contribution is 2.28. The summed E-state index contributed by atoms with van der Waals surface area (Å²) in [6.07, 6.45) is 4.85. The topological polar surface area (TPSA) is 47.4 Å². The van der Waals surface area contributed by atoms with Gasteiger partial charge in [-0.2, -0.15) is 0 Å². The van der Waals surface area contributed by atoms with Gasteiger partial charge in [0.2, 0.25) is 0 Å². The number of aromatic nitrogens is 2. The van der Waals surface area contributed by atoms with Crippen LogP contribution in [0, 0.1) is 12.7 Å². The van der Waals surface area contributed by atoms with E-state index in [-0.39, 0.29) is 11.7 Å². The summed E-state index contributed by atoms with van der Waals surface area (Å²) in [6.45, 7) is 5.79. The molecule has 0 radical (unpaired) electrons. The molecule has 1 amide bonds. The first-order chi connectivity index (χ1) is 14.6. The number of piperidine rings is 1. The summed E-state index contributed by atoms with van der Waals surface area (Å²) in [4.78, 5) is 19.5. The van der Waals surface area contributed by atoms with Gasteiger partial charge in [-0.05, 0) is 62.9 Å². The molecule has 0 bridgehead atoms. The molecule has 2 heterocycles. The number of hydrogen-bond acceptors (Lipinski definition) is 3. The number of imidazole rings is 1. The zero-order valence-electron chi connectivity index (χ0n) is 17.4. The molecule has 6 heteroatoms. The van der Waals surface area contributed by atoms with Gasteiger partial charge in [0.25, 0.3) is 5.91 Å². The van der Waals surface area contributed by atoms with Crippen LogP contribution in [0.3, 0.4) is 0 Å². The Morgan fingerprint density at radius 3 is 2.67 bits per heavy atom. The number of carbonyl (C=O) groups excluding carboxylic acids is 1. The molecule has 0 unspecified atom stereocenters. The van der Waals surface area contributed by atoms with Crippen LogP contribution in [0.4, 0.5) is 4.39 Å². The lowest BCUT2D eigenvalue weighted by atomic mass is 10.1. The highest BCUT2D eigenvalue weighted by atomic mass is 19.1. The molecule has 5 nitrogen and oxygen atoms in total. The molecule has 0 N–H and O–H groups in total. The summed E-state index contributed by atoms with van der Waals surface area (Å²) in [5.74, 6) is 0.646. The van der Waals surface area contributed by atoms with Crippen molar-refractivity contribution in [3.8, 4) is 22.8 Å². The number of ether oxygens (including phenoxy) is 1. The van der Waals surface area contributed by atoms with Crippen molar-refractivity contribution in [3.63, 3.8) is 0 Å². The molecule has 0 aliphatic carbocycles. The van der Waals surface area contributed by atoms with Crippen LogP contribution in [-0.4, -0.2) is 40.1 Å². The molecule has 30 heavy (non-hydrogen) atoms. The van der Waals surface area contributed by atoms with Gasteiger partial charge in [0.15, 0.2) is 0 Å². The van der Waals surface area contributed by atoms with Crippen molar-refractivity contribution in [2.75, 3.05) is 19.7 Å². The predicted octanol–water partition coefficient (Wildman–Crippen LogP) is 5.01. The van der Waals surface area contributed by atoms with Gasteiger partial charge in [-0.25, -0.2) is 9.37 Å². The van der Waals surface area contributed by atoms with Crippen molar-refractivity contribution in [2.45, 2.75) is 33.1 Å². The van der Waals surface area contributed by atoms with Crippen LogP contribution in [0.25, 0.3) is 17.1 Å². The fraction of sp³-hybridized carbons (Fsp3) is 0.333. The van der Waals surface area contributed by atoms with Crippen molar-refractivity contribution in [3.05, 3.63) is 65.7 Å². The third kappa shape index (κ3) is 4.08. The number of nitrogens with zero attached hydrogens (tertiary/aromatic N) is 3. The Morgan fingerprint density at radius 1 is 1.13 bits per heavy atom. The maximum absolute atomic E-state index is 14.8. The quantitative estimate of drug-likeness (QED) is 0.597. The van der Waals surface area contributed by atoms with Crippen molar-refractivity contribution >= 4 is 5.91 Å². The first-order valence-corrected chi connectivity index (χ1v) is 10.4. The van der Waals surface area contributed by atoms with Crippen molar-refractivity contribution in [1.29, 1.82) is 0 Å². The van der Waals surface area contributed by atoms with Gasteiger partial charge >= 0.3 is 0 Å². The summed E-state index contributed by atoms with van der Waals surface area (Å²) in [7, 11) is 0. The van der Waals surface area contributed by atoms with E-state index in [1.807, 2.05) is 49.1 Å². The standard InChI is InChI=1S/C24H26FN3O2/c1-3-30-19-9-7-8-18(15-19)28-16-22(24(29)27-12-5-4-6-13-27)26-23(28)20-11-10-17(2)14-21(20)25/h7-11,14-16H,3-6,12-13H2,1-2H3. The Morgan fingerprint density at radius 2 is 1.93 bits per heavy atom. The second-order valence-corrected chi connectivity index (χ2v) is 7.59. The SMILES string of the molecule is CCOc1cccc(-n2cc(C(=O)N3CCCCC3)nc2-c2ccc(C)cc2F)c1. The Balaban J connectivity index is 1.81. The van der Waals surface area contributed by atoms with E-state index < -0.39 is 0 Å². The van der Waals surface area contributed by atoms with Crippen LogP contribution in [0.2, 0.25) is 0 Å². The monoisotopic (exact) mass is 407 g/mol. The number of halogens is 1. The van der Waals surface area contributed by atoms with Crippen LogP contribution >= 0.6 is 0 Å². The Hall–Kier alpha value is -3.15. The minimum absolute atomic E-state index is 0.108. The molecule has 3 aromatic rings. The number of aryl methyl sites for hydroxylation is 1. The van der Waals surface area contributed by atoms with E-state index in [0.29, 0.717) is 29.4 Å². The van der Waals surface area contributed by atoms with Gasteiger partial charge in [0.1, 0.15) is 23.1 Å². The maximum atomic E-state index is 14.8. The molecule has 1 fully saturated rings. The molecular formula is C24H26FN3O2. The Kier molecular flexibility index (Phi) is 5.84. The highest BCUT2D eigenvalue weighted by Gasteiger charge is 2.24. The summed E-state index contributed by atoms with van der Waals surface area (Å²) in [5, 5.41) is 0. The van der Waals surface area contributed by atoms with Crippen LogP contribution < -0.4 is 4.74 Å². The summed E-state index contributed by atoms with van der Waals surface area (Å²) < 4.78 is 22.2. The first-order valence-electron chi connectivity index (χ1n) is 10.4. The molecular weight excluding hydrogens is 381 g/mol. The van der Waals surface area contributed by atoms with Crippen molar-refractivity contribution in [1.82, 2.24) is 14.5 Å². The third-order valence-electron chi connectivity index (χ3n) is 5.34. The molecule has 0 atom stereocenters. The number of benzene rings is 2. The third-order valence-corrected chi connectivity index (χ3v) is 5.34. The smallest absolute Gasteiger partial charge is 0.274 e. The van der Waals surface area contributed by atoms with E-state index in [1.165, 1.54) is 6.07 Å². The molecule has 1 aliphatic rings. The van der Waals surface area contributed by atoms with Gasteiger partial charge in [-0.15, -0.1) is 0 Å². The van der Waals surface area contributed by atoms with Crippen LogP contribution in [0.15, 0.2) is 48.7 Å². The van der Waals surface area contributed by atoms with E-state index in [2.05, 4.69) is 4.98 Å². The number of carbonyl (C=O) groups is 1. The first kappa shape index (κ1) is 20.1. The minimum Gasteiger partial charge on any atom is -0.494 e. The van der Waals surface area contributed by atoms with Crippen molar-refractivity contribution in [2.24, 2.45) is 0 Å². The average Bonchev–Trinajstić information content (AvgIpc) is 3.19. The van der Waals surface area contributed by atoms with Crippen LogP contribution in [0.1, 0.15) is 42.2 Å². The van der Waals surface area contributed by atoms with Gasteiger partial charge < -0.3 is 9.64 Å².